The van der Waals surface area contributed by atoms with Gasteiger partial charge in [0, 0.05) is 18.6 Å². The summed E-state index contributed by atoms with van der Waals surface area (Å²) in [7, 11) is 0. The molecule has 2 N–H and O–H groups in total. The summed E-state index contributed by atoms with van der Waals surface area (Å²) in [5.41, 5.74) is 2.62. The fourth-order valence-electron chi connectivity index (χ4n) is 3.48. The highest BCUT2D eigenvalue weighted by Crippen LogP contribution is 2.24. The van der Waals surface area contributed by atoms with Gasteiger partial charge in [0.2, 0.25) is 0 Å². The number of ether oxygens (including phenoxy) is 1. The van der Waals surface area contributed by atoms with Crippen molar-refractivity contribution in [3.05, 3.63) is 96.1 Å². The van der Waals surface area contributed by atoms with Crippen LogP contribution in [0.2, 0.25) is 0 Å². The third kappa shape index (κ3) is 4.13. The van der Waals surface area contributed by atoms with Crippen molar-refractivity contribution in [1.29, 1.82) is 0 Å². The van der Waals surface area contributed by atoms with Crippen LogP contribution < -0.4 is 15.4 Å². The van der Waals surface area contributed by atoms with Crippen molar-refractivity contribution >= 4 is 0 Å². The fourth-order valence-corrected chi connectivity index (χ4v) is 3.48. The van der Waals surface area contributed by atoms with Gasteiger partial charge in [0.25, 0.3) is 0 Å². The van der Waals surface area contributed by atoms with Gasteiger partial charge in [0.1, 0.15) is 11.5 Å². The number of hydrogen-bond donors (Lipinski definition) is 2. The van der Waals surface area contributed by atoms with Gasteiger partial charge in [-0.2, -0.15) is 0 Å². The summed E-state index contributed by atoms with van der Waals surface area (Å²) in [6.45, 7) is 1.92. The largest absolute Gasteiger partial charge is 0.457 e. The van der Waals surface area contributed by atoms with Gasteiger partial charge < -0.3 is 15.4 Å². The predicted octanol–water partition coefficient (Wildman–Crippen LogP) is 4.67. The molecule has 0 radical (unpaired) electrons. The molecule has 2 atom stereocenters. The number of nitrogens with one attached hydrogen (secondary N) is 2. The number of benzene rings is 3. The normalized spacial score (nSPS) is 19.4. The summed E-state index contributed by atoms with van der Waals surface area (Å²) in [4.78, 5) is 0. The van der Waals surface area contributed by atoms with E-state index in [1.807, 2.05) is 42.5 Å². The SMILES string of the molecule is c1ccc(Oc2ccc(CN[C@@H]3CCN[C@@H]3c3ccccc3)cc2)cc1. The second-order valence-electron chi connectivity index (χ2n) is 6.68. The Morgan fingerprint density at radius 3 is 2.19 bits per heavy atom. The van der Waals surface area contributed by atoms with Crippen LogP contribution in [0, 0.1) is 0 Å². The highest BCUT2D eigenvalue weighted by atomic mass is 16.5. The standard InChI is InChI=1S/C23H24N2O/c1-3-7-19(8-4-1)23-22(15-16-24-23)25-17-18-11-13-21(14-12-18)26-20-9-5-2-6-10-20/h1-14,22-25H,15-17H2/t22-,23-/m1/s1. The maximum Gasteiger partial charge on any atom is 0.127 e. The first-order chi connectivity index (χ1) is 12.9. The summed E-state index contributed by atoms with van der Waals surface area (Å²) in [6, 6.07) is 29.7. The van der Waals surface area contributed by atoms with E-state index in [1.54, 1.807) is 0 Å². The Morgan fingerprint density at radius 2 is 1.46 bits per heavy atom. The molecule has 0 saturated carbocycles. The third-order valence-electron chi connectivity index (χ3n) is 4.85. The fraction of sp³-hybridized carbons (Fsp3) is 0.217. The van der Waals surface area contributed by atoms with Crippen molar-refractivity contribution < 1.29 is 4.74 Å². The Bertz CT molecular complexity index is 803. The molecule has 0 amide bonds. The molecule has 0 spiro atoms. The van der Waals surface area contributed by atoms with Gasteiger partial charge in [-0.05, 0) is 48.4 Å². The second kappa shape index (κ2) is 8.17. The molecule has 1 heterocycles. The van der Waals surface area contributed by atoms with E-state index in [2.05, 4.69) is 53.1 Å². The van der Waals surface area contributed by atoms with Crippen LogP contribution in [-0.4, -0.2) is 12.6 Å². The van der Waals surface area contributed by atoms with Crippen LogP contribution in [0.5, 0.6) is 11.5 Å². The maximum absolute atomic E-state index is 5.86. The van der Waals surface area contributed by atoms with Crippen molar-refractivity contribution in [2.24, 2.45) is 0 Å². The van der Waals surface area contributed by atoms with E-state index in [0.29, 0.717) is 12.1 Å². The molecule has 3 aromatic rings. The summed E-state index contributed by atoms with van der Waals surface area (Å²) < 4.78 is 5.86. The number of hydrogen-bond acceptors (Lipinski definition) is 3. The second-order valence-corrected chi connectivity index (χ2v) is 6.68. The smallest absolute Gasteiger partial charge is 0.127 e. The van der Waals surface area contributed by atoms with E-state index in [4.69, 9.17) is 4.74 Å². The van der Waals surface area contributed by atoms with Crippen LogP contribution in [-0.2, 0) is 6.54 Å². The Balaban J connectivity index is 1.34. The molecule has 26 heavy (non-hydrogen) atoms. The minimum Gasteiger partial charge on any atom is -0.457 e. The van der Waals surface area contributed by atoms with E-state index >= 15 is 0 Å². The van der Waals surface area contributed by atoms with Gasteiger partial charge >= 0.3 is 0 Å². The van der Waals surface area contributed by atoms with Gasteiger partial charge in [0.05, 0.1) is 0 Å². The zero-order valence-electron chi connectivity index (χ0n) is 14.8. The maximum atomic E-state index is 5.86. The molecule has 1 saturated heterocycles. The average molecular weight is 344 g/mol. The average Bonchev–Trinajstić information content (AvgIpc) is 3.18. The number of rotatable bonds is 6. The van der Waals surface area contributed by atoms with E-state index in [-0.39, 0.29) is 0 Å². The highest BCUT2D eigenvalue weighted by Gasteiger charge is 2.27. The molecule has 3 heteroatoms. The van der Waals surface area contributed by atoms with Crippen LogP contribution >= 0.6 is 0 Å². The third-order valence-corrected chi connectivity index (χ3v) is 4.85. The quantitative estimate of drug-likeness (QED) is 0.682. The van der Waals surface area contributed by atoms with E-state index in [1.165, 1.54) is 11.1 Å². The Kier molecular flexibility index (Phi) is 5.29. The van der Waals surface area contributed by atoms with Crippen molar-refractivity contribution in [1.82, 2.24) is 10.6 Å². The Morgan fingerprint density at radius 1 is 0.808 bits per heavy atom. The lowest BCUT2D eigenvalue weighted by molar-refractivity contribution is 0.460. The first-order valence-electron chi connectivity index (χ1n) is 9.22. The zero-order chi connectivity index (χ0) is 17.6. The van der Waals surface area contributed by atoms with Crippen molar-refractivity contribution in [2.45, 2.75) is 25.0 Å². The first-order valence-corrected chi connectivity index (χ1v) is 9.22. The van der Waals surface area contributed by atoms with Crippen LogP contribution in [0.1, 0.15) is 23.6 Å². The van der Waals surface area contributed by atoms with Crippen molar-refractivity contribution in [2.75, 3.05) is 6.54 Å². The van der Waals surface area contributed by atoms with Crippen molar-refractivity contribution in [3.63, 3.8) is 0 Å². The molecular formula is C23H24N2O. The van der Waals surface area contributed by atoms with Gasteiger partial charge in [-0.3, -0.25) is 0 Å². The molecule has 0 bridgehead atoms. The van der Waals surface area contributed by atoms with Crippen LogP contribution in [0.4, 0.5) is 0 Å². The van der Waals surface area contributed by atoms with Crippen molar-refractivity contribution in [3.8, 4) is 11.5 Å². The summed E-state index contributed by atoms with van der Waals surface area (Å²) >= 11 is 0. The zero-order valence-corrected chi connectivity index (χ0v) is 14.8. The van der Waals surface area contributed by atoms with E-state index in [0.717, 1.165) is 31.0 Å². The minimum absolute atomic E-state index is 0.386. The van der Waals surface area contributed by atoms with Gasteiger partial charge in [-0.15, -0.1) is 0 Å². The molecular weight excluding hydrogens is 320 g/mol. The molecule has 0 aliphatic carbocycles. The molecule has 3 aromatic carbocycles. The summed E-state index contributed by atoms with van der Waals surface area (Å²) in [5, 5.41) is 7.33. The molecule has 1 aliphatic rings. The van der Waals surface area contributed by atoms with Crippen LogP contribution in [0.3, 0.4) is 0 Å². The van der Waals surface area contributed by atoms with E-state index < -0.39 is 0 Å². The van der Waals surface area contributed by atoms with Crippen LogP contribution in [0.15, 0.2) is 84.9 Å². The summed E-state index contributed by atoms with van der Waals surface area (Å²) in [5.74, 6) is 1.73. The van der Waals surface area contributed by atoms with E-state index in [9.17, 15) is 0 Å². The first kappa shape index (κ1) is 16.8. The monoisotopic (exact) mass is 344 g/mol. The molecule has 0 aromatic heterocycles. The lowest BCUT2D eigenvalue weighted by Gasteiger charge is -2.21. The minimum atomic E-state index is 0.386. The molecule has 0 unspecified atom stereocenters. The molecule has 132 valence electrons. The molecule has 4 rings (SSSR count). The van der Waals surface area contributed by atoms with Gasteiger partial charge in [-0.1, -0.05) is 60.7 Å². The number of para-hydroxylation sites is 1. The van der Waals surface area contributed by atoms with Gasteiger partial charge in [-0.25, -0.2) is 0 Å². The lowest BCUT2D eigenvalue weighted by Crippen LogP contribution is -2.33. The van der Waals surface area contributed by atoms with Gasteiger partial charge in [0.15, 0.2) is 0 Å². The molecule has 1 aliphatic heterocycles. The lowest BCUT2D eigenvalue weighted by atomic mass is 10.0. The predicted molar refractivity (Wildman–Crippen MR) is 105 cm³/mol. The Hall–Kier alpha value is -2.62. The van der Waals surface area contributed by atoms with Crippen LogP contribution in [0.25, 0.3) is 0 Å². The molecule has 1 fully saturated rings. The summed E-state index contributed by atoms with van der Waals surface area (Å²) in [6.07, 6.45) is 1.15. The molecule has 3 nitrogen and oxygen atoms in total. The highest BCUT2D eigenvalue weighted by molar-refractivity contribution is 5.33. The Labute approximate surface area is 155 Å². The topological polar surface area (TPSA) is 33.3 Å².